The Morgan fingerprint density at radius 3 is 2.33 bits per heavy atom. The fourth-order valence-corrected chi connectivity index (χ4v) is 1.95. The second kappa shape index (κ2) is 5.92. The number of nitrogens with one attached hydrogen (secondary N) is 1. The van der Waals surface area contributed by atoms with Gasteiger partial charge in [0.1, 0.15) is 0 Å². The zero-order valence-electron chi connectivity index (χ0n) is 10.4. The summed E-state index contributed by atoms with van der Waals surface area (Å²) in [6.07, 6.45) is 1.19. The predicted octanol–water partition coefficient (Wildman–Crippen LogP) is 3.38. The van der Waals surface area contributed by atoms with Gasteiger partial charge < -0.3 is 5.32 Å². The van der Waals surface area contributed by atoms with Crippen molar-refractivity contribution in [1.82, 2.24) is 5.32 Å². The van der Waals surface area contributed by atoms with Crippen LogP contribution in [0.3, 0.4) is 0 Å². The van der Waals surface area contributed by atoms with Crippen molar-refractivity contribution in [3.05, 3.63) is 35.4 Å². The van der Waals surface area contributed by atoms with Gasteiger partial charge in [0, 0.05) is 12.6 Å². The highest BCUT2D eigenvalue weighted by atomic mass is 14.9. The highest BCUT2D eigenvalue weighted by Crippen LogP contribution is 2.19. The van der Waals surface area contributed by atoms with Crippen LogP contribution in [0.1, 0.15) is 38.8 Å². The zero-order chi connectivity index (χ0) is 11.3. The molecule has 0 saturated carbocycles. The van der Waals surface area contributed by atoms with Gasteiger partial charge in [0.05, 0.1) is 0 Å². The third kappa shape index (κ3) is 3.07. The Kier molecular flexibility index (Phi) is 4.83. The van der Waals surface area contributed by atoms with Gasteiger partial charge in [-0.05, 0) is 23.5 Å². The van der Waals surface area contributed by atoms with Crippen LogP contribution in [0.25, 0.3) is 0 Å². The van der Waals surface area contributed by atoms with E-state index in [1.807, 2.05) is 13.8 Å². The van der Waals surface area contributed by atoms with Gasteiger partial charge in [-0.15, -0.1) is 0 Å². The molecule has 1 atom stereocenters. The molecule has 1 nitrogen and oxygen atoms in total. The SMILES string of the molecule is CC.CC(C)C1Cc2ccccc2CN1. The Morgan fingerprint density at radius 2 is 1.73 bits per heavy atom. The first-order valence-electron chi connectivity index (χ1n) is 6.07. The lowest BCUT2D eigenvalue weighted by molar-refractivity contribution is 0.377. The molecular weight excluding hydrogens is 182 g/mol. The first kappa shape index (κ1) is 12.3. The van der Waals surface area contributed by atoms with Crippen LogP contribution in [0.5, 0.6) is 0 Å². The quantitative estimate of drug-likeness (QED) is 0.741. The molecule has 1 aliphatic rings. The number of rotatable bonds is 1. The fraction of sp³-hybridized carbons (Fsp3) is 0.571. The Balaban J connectivity index is 0.000000531. The summed E-state index contributed by atoms with van der Waals surface area (Å²) in [5, 5.41) is 3.57. The van der Waals surface area contributed by atoms with Crippen LogP contribution in [0.2, 0.25) is 0 Å². The molecule has 0 saturated heterocycles. The summed E-state index contributed by atoms with van der Waals surface area (Å²) >= 11 is 0. The summed E-state index contributed by atoms with van der Waals surface area (Å²) in [6.45, 7) is 9.61. The van der Waals surface area contributed by atoms with Crippen molar-refractivity contribution in [1.29, 1.82) is 0 Å². The van der Waals surface area contributed by atoms with E-state index >= 15 is 0 Å². The van der Waals surface area contributed by atoms with E-state index in [0.29, 0.717) is 6.04 Å². The molecule has 2 rings (SSSR count). The standard InChI is InChI=1S/C12H17N.C2H6/c1-9(2)12-7-10-5-3-4-6-11(10)8-13-12;1-2/h3-6,9,12-13H,7-8H2,1-2H3;1-2H3. The highest BCUT2D eigenvalue weighted by Gasteiger charge is 2.19. The summed E-state index contributed by atoms with van der Waals surface area (Å²) in [5.74, 6) is 0.730. The summed E-state index contributed by atoms with van der Waals surface area (Å²) in [7, 11) is 0. The maximum atomic E-state index is 3.57. The largest absolute Gasteiger partial charge is 0.309 e. The fourth-order valence-electron chi connectivity index (χ4n) is 1.95. The number of hydrogen-bond donors (Lipinski definition) is 1. The second-order valence-electron chi connectivity index (χ2n) is 4.20. The van der Waals surface area contributed by atoms with E-state index < -0.39 is 0 Å². The zero-order valence-corrected chi connectivity index (χ0v) is 10.4. The Bertz CT molecular complexity index is 291. The van der Waals surface area contributed by atoms with Crippen molar-refractivity contribution in [3.8, 4) is 0 Å². The molecule has 0 bridgehead atoms. The average molecular weight is 205 g/mol. The molecule has 0 fully saturated rings. The van der Waals surface area contributed by atoms with E-state index in [9.17, 15) is 0 Å². The van der Waals surface area contributed by atoms with Crippen LogP contribution in [0, 0.1) is 5.92 Å². The lowest BCUT2D eigenvalue weighted by Crippen LogP contribution is -2.39. The molecule has 0 aliphatic carbocycles. The van der Waals surface area contributed by atoms with Gasteiger partial charge in [-0.25, -0.2) is 0 Å². The van der Waals surface area contributed by atoms with E-state index in [0.717, 1.165) is 12.5 Å². The van der Waals surface area contributed by atoms with Crippen molar-refractivity contribution in [3.63, 3.8) is 0 Å². The molecule has 1 N–H and O–H groups in total. The third-order valence-electron chi connectivity index (χ3n) is 2.92. The summed E-state index contributed by atoms with van der Waals surface area (Å²) in [5.41, 5.74) is 3.00. The molecule has 1 aliphatic heterocycles. The number of benzene rings is 1. The van der Waals surface area contributed by atoms with Crippen molar-refractivity contribution in [2.45, 2.75) is 46.7 Å². The van der Waals surface area contributed by atoms with Gasteiger partial charge in [0.2, 0.25) is 0 Å². The third-order valence-corrected chi connectivity index (χ3v) is 2.92. The molecular formula is C14H23N. The van der Waals surface area contributed by atoms with Crippen LogP contribution in [0.4, 0.5) is 0 Å². The summed E-state index contributed by atoms with van der Waals surface area (Å²) in [4.78, 5) is 0. The highest BCUT2D eigenvalue weighted by molar-refractivity contribution is 5.29. The smallest absolute Gasteiger partial charge is 0.0211 e. The van der Waals surface area contributed by atoms with Crippen LogP contribution < -0.4 is 5.32 Å². The second-order valence-corrected chi connectivity index (χ2v) is 4.20. The van der Waals surface area contributed by atoms with Crippen molar-refractivity contribution in [2.24, 2.45) is 5.92 Å². The van der Waals surface area contributed by atoms with Crippen LogP contribution in [-0.4, -0.2) is 6.04 Å². The van der Waals surface area contributed by atoms with Crippen LogP contribution in [-0.2, 0) is 13.0 Å². The average Bonchev–Trinajstić information content (AvgIpc) is 2.31. The van der Waals surface area contributed by atoms with E-state index in [4.69, 9.17) is 0 Å². The monoisotopic (exact) mass is 205 g/mol. The molecule has 1 heterocycles. The Labute approximate surface area is 93.9 Å². The maximum absolute atomic E-state index is 3.57. The Hall–Kier alpha value is -0.820. The number of fused-ring (bicyclic) bond motifs is 1. The molecule has 0 radical (unpaired) electrons. The molecule has 1 aromatic rings. The topological polar surface area (TPSA) is 12.0 Å². The van der Waals surface area contributed by atoms with E-state index in [-0.39, 0.29) is 0 Å². The van der Waals surface area contributed by atoms with Crippen molar-refractivity contribution >= 4 is 0 Å². The summed E-state index contributed by atoms with van der Waals surface area (Å²) in [6, 6.07) is 9.40. The normalized spacial score (nSPS) is 19.1. The molecule has 1 aromatic carbocycles. The molecule has 1 heteroatoms. The molecule has 0 spiro atoms. The van der Waals surface area contributed by atoms with Crippen molar-refractivity contribution < 1.29 is 0 Å². The first-order chi connectivity index (χ1) is 7.27. The molecule has 0 amide bonds. The van der Waals surface area contributed by atoms with Gasteiger partial charge in [0.15, 0.2) is 0 Å². The van der Waals surface area contributed by atoms with Gasteiger partial charge in [0.25, 0.3) is 0 Å². The maximum Gasteiger partial charge on any atom is 0.0211 e. The molecule has 15 heavy (non-hydrogen) atoms. The molecule has 0 aromatic heterocycles. The van der Waals surface area contributed by atoms with Gasteiger partial charge >= 0.3 is 0 Å². The van der Waals surface area contributed by atoms with Gasteiger partial charge in [-0.2, -0.15) is 0 Å². The van der Waals surface area contributed by atoms with Crippen LogP contribution >= 0.6 is 0 Å². The predicted molar refractivity (Wildman–Crippen MR) is 67.0 cm³/mol. The number of hydrogen-bond acceptors (Lipinski definition) is 1. The lowest BCUT2D eigenvalue weighted by atomic mass is 9.90. The van der Waals surface area contributed by atoms with Gasteiger partial charge in [-0.3, -0.25) is 0 Å². The Morgan fingerprint density at radius 1 is 1.13 bits per heavy atom. The van der Waals surface area contributed by atoms with Crippen LogP contribution in [0.15, 0.2) is 24.3 Å². The molecule has 84 valence electrons. The van der Waals surface area contributed by atoms with E-state index in [2.05, 4.69) is 43.4 Å². The lowest BCUT2D eigenvalue weighted by Gasteiger charge is -2.28. The van der Waals surface area contributed by atoms with Gasteiger partial charge in [-0.1, -0.05) is 52.0 Å². The molecule has 1 unspecified atom stereocenters. The minimum Gasteiger partial charge on any atom is -0.309 e. The van der Waals surface area contributed by atoms with E-state index in [1.54, 1.807) is 0 Å². The minimum atomic E-state index is 0.662. The summed E-state index contributed by atoms with van der Waals surface area (Å²) < 4.78 is 0. The van der Waals surface area contributed by atoms with Crippen molar-refractivity contribution in [2.75, 3.05) is 0 Å². The first-order valence-corrected chi connectivity index (χ1v) is 6.07. The minimum absolute atomic E-state index is 0.662. The van der Waals surface area contributed by atoms with E-state index in [1.165, 1.54) is 17.5 Å².